The number of allylic oxidation sites excluding steroid dienone is 1. The summed E-state index contributed by atoms with van der Waals surface area (Å²) in [5, 5.41) is 47.5. The molecular weight excluding hydrogens is 572 g/mol. The van der Waals surface area contributed by atoms with Gasteiger partial charge < -0.3 is 20.4 Å². The standard InChI is InChI=1S/C37H42O8/c1-17(2)23-14-24(22-11-9-10-21(13-22)12-19(5)38)30(40)27-25(23)15-35(7)16-36(8)28(18(3)4)31(41)26(20(6)39)33(43)37(36,45)34(44)29(35)32(27)42/h9-11,13-14,17-18,28,40,42-43,45H,12,15-16H2,1-8H3/t28?,35-,36-,37+/m1/s1. The number of carbonyl (C=O) groups is 4. The zero-order chi connectivity index (χ0) is 33.5. The Labute approximate surface area is 263 Å². The summed E-state index contributed by atoms with van der Waals surface area (Å²) < 4.78 is 0. The highest BCUT2D eigenvalue weighted by Gasteiger charge is 2.72. The zero-order valence-corrected chi connectivity index (χ0v) is 27.2. The number of ketones is 4. The molecule has 8 nitrogen and oxygen atoms in total. The molecule has 4 atom stereocenters. The number of phenolic OH excluding ortho intramolecular Hbond substituents is 1. The van der Waals surface area contributed by atoms with E-state index < -0.39 is 56.8 Å². The predicted molar refractivity (Wildman–Crippen MR) is 170 cm³/mol. The second-order valence-electron chi connectivity index (χ2n) is 14.4. The van der Waals surface area contributed by atoms with E-state index in [1.807, 2.05) is 26.0 Å². The van der Waals surface area contributed by atoms with Crippen LogP contribution in [0.2, 0.25) is 0 Å². The van der Waals surface area contributed by atoms with E-state index in [-0.39, 0.29) is 53.8 Å². The van der Waals surface area contributed by atoms with Gasteiger partial charge in [-0.25, -0.2) is 0 Å². The van der Waals surface area contributed by atoms with Gasteiger partial charge in [0.1, 0.15) is 28.6 Å². The normalized spacial score (nSPS) is 27.9. The number of hydrogen-bond donors (Lipinski definition) is 4. The van der Waals surface area contributed by atoms with Crippen molar-refractivity contribution in [2.45, 2.75) is 86.2 Å². The fraction of sp³-hybridized carbons (Fsp3) is 0.459. The van der Waals surface area contributed by atoms with Gasteiger partial charge in [-0.3, -0.25) is 19.2 Å². The first-order valence-corrected chi connectivity index (χ1v) is 15.5. The number of rotatable bonds is 6. The number of hydrogen-bond acceptors (Lipinski definition) is 8. The van der Waals surface area contributed by atoms with Gasteiger partial charge in [0.05, 0.1) is 5.56 Å². The Hall–Kier alpha value is -4.04. The van der Waals surface area contributed by atoms with E-state index in [2.05, 4.69) is 0 Å². The van der Waals surface area contributed by atoms with Gasteiger partial charge in [-0.1, -0.05) is 65.8 Å². The van der Waals surface area contributed by atoms with Crippen molar-refractivity contribution in [1.29, 1.82) is 0 Å². The molecule has 3 aliphatic rings. The minimum atomic E-state index is -2.66. The number of benzene rings is 2. The Morgan fingerprint density at radius 3 is 2.20 bits per heavy atom. The lowest BCUT2D eigenvalue weighted by Gasteiger charge is -2.59. The molecule has 5 rings (SSSR count). The lowest BCUT2D eigenvalue weighted by molar-refractivity contribution is -0.178. The molecule has 4 N–H and O–H groups in total. The van der Waals surface area contributed by atoms with Gasteiger partial charge in [0.2, 0.25) is 5.78 Å². The molecule has 3 aliphatic carbocycles. The van der Waals surface area contributed by atoms with Crippen LogP contribution in [0.4, 0.5) is 0 Å². The summed E-state index contributed by atoms with van der Waals surface area (Å²) in [6, 6.07) is 9.09. The molecule has 0 radical (unpaired) electrons. The van der Waals surface area contributed by atoms with Gasteiger partial charge in [0.15, 0.2) is 17.2 Å². The van der Waals surface area contributed by atoms with Crippen LogP contribution in [0.25, 0.3) is 16.9 Å². The Morgan fingerprint density at radius 2 is 1.64 bits per heavy atom. The van der Waals surface area contributed by atoms with Crippen LogP contribution in [-0.2, 0) is 32.0 Å². The van der Waals surface area contributed by atoms with Gasteiger partial charge in [-0.15, -0.1) is 0 Å². The van der Waals surface area contributed by atoms with Crippen molar-refractivity contribution in [3.63, 3.8) is 0 Å². The van der Waals surface area contributed by atoms with Crippen molar-refractivity contribution in [2.24, 2.45) is 22.7 Å². The van der Waals surface area contributed by atoms with E-state index in [1.54, 1.807) is 45.9 Å². The third kappa shape index (κ3) is 4.43. The zero-order valence-electron chi connectivity index (χ0n) is 27.2. The molecule has 1 fully saturated rings. The van der Waals surface area contributed by atoms with E-state index in [0.717, 1.165) is 18.1 Å². The van der Waals surface area contributed by atoms with Crippen LogP contribution in [0, 0.1) is 22.7 Å². The van der Waals surface area contributed by atoms with E-state index in [9.17, 15) is 39.6 Å². The van der Waals surface area contributed by atoms with Crippen molar-refractivity contribution in [1.82, 2.24) is 0 Å². The molecule has 1 unspecified atom stereocenters. The average Bonchev–Trinajstić information content (AvgIpc) is 2.90. The summed E-state index contributed by atoms with van der Waals surface area (Å²) >= 11 is 0. The van der Waals surface area contributed by atoms with Crippen molar-refractivity contribution in [3.8, 4) is 16.9 Å². The fourth-order valence-corrected chi connectivity index (χ4v) is 8.68. The molecule has 0 amide bonds. The maximum absolute atomic E-state index is 14.6. The number of Topliss-reactive ketones (excluding diaryl/α,β-unsaturated/α-hetero) is 4. The number of fused-ring (bicyclic) bond motifs is 3. The third-order valence-corrected chi connectivity index (χ3v) is 10.4. The summed E-state index contributed by atoms with van der Waals surface area (Å²) in [6.07, 6.45) is 0.473. The second kappa shape index (κ2) is 10.5. The monoisotopic (exact) mass is 614 g/mol. The highest BCUT2D eigenvalue weighted by Crippen LogP contribution is 2.65. The molecule has 8 heteroatoms. The molecule has 1 saturated carbocycles. The van der Waals surface area contributed by atoms with E-state index in [0.29, 0.717) is 16.7 Å². The molecule has 2 aromatic rings. The van der Waals surface area contributed by atoms with Crippen molar-refractivity contribution >= 4 is 28.9 Å². The van der Waals surface area contributed by atoms with Crippen LogP contribution in [0.15, 0.2) is 47.2 Å². The van der Waals surface area contributed by atoms with Crippen LogP contribution in [0.5, 0.6) is 5.75 Å². The fourth-order valence-electron chi connectivity index (χ4n) is 8.68. The second-order valence-corrected chi connectivity index (χ2v) is 14.4. The molecule has 0 heterocycles. The van der Waals surface area contributed by atoms with Gasteiger partial charge >= 0.3 is 0 Å². The van der Waals surface area contributed by atoms with Crippen molar-refractivity contribution < 1.29 is 39.6 Å². The van der Waals surface area contributed by atoms with Gasteiger partial charge in [0, 0.05) is 34.3 Å². The molecule has 0 saturated heterocycles. The molecule has 0 bridgehead atoms. The maximum Gasteiger partial charge on any atom is 0.203 e. The summed E-state index contributed by atoms with van der Waals surface area (Å²) in [7, 11) is 0. The van der Waals surface area contributed by atoms with Gasteiger partial charge in [0.25, 0.3) is 0 Å². The largest absolute Gasteiger partial charge is 0.508 e. The predicted octanol–water partition coefficient (Wildman–Crippen LogP) is 6.11. The molecule has 0 spiro atoms. The first kappa shape index (κ1) is 32.4. The lowest BCUT2D eigenvalue weighted by atomic mass is 9.43. The van der Waals surface area contributed by atoms with Crippen LogP contribution < -0.4 is 0 Å². The smallest absolute Gasteiger partial charge is 0.203 e. The topological polar surface area (TPSA) is 149 Å². The minimum Gasteiger partial charge on any atom is -0.508 e. The number of phenols is 1. The van der Waals surface area contributed by atoms with Crippen molar-refractivity contribution in [3.05, 3.63) is 69.5 Å². The Kier molecular flexibility index (Phi) is 7.56. The quantitative estimate of drug-likeness (QED) is 0.285. The van der Waals surface area contributed by atoms with E-state index in [4.69, 9.17) is 0 Å². The minimum absolute atomic E-state index is 0.0126. The number of aromatic hydroxyl groups is 1. The highest BCUT2D eigenvalue weighted by molar-refractivity contribution is 6.24. The van der Waals surface area contributed by atoms with Crippen LogP contribution in [0.3, 0.4) is 0 Å². The summed E-state index contributed by atoms with van der Waals surface area (Å²) in [6.45, 7) is 13.6. The lowest BCUT2D eigenvalue weighted by Crippen LogP contribution is -2.69. The Morgan fingerprint density at radius 1 is 1.00 bits per heavy atom. The molecule has 2 aromatic carbocycles. The Balaban J connectivity index is 1.82. The average molecular weight is 615 g/mol. The summed E-state index contributed by atoms with van der Waals surface area (Å²) in [5.74, 6) is -5.52. The molecule has 45 heavy (non-hydrogen) atoms. The SMILES string of the molecule is CC(=O)Cc1cccc(-c2cc(C(C)C)c3c(c2O)C(O)=C2C(=O)[C@@]4(O)C(O)=C(C(C)=O)C(=O)C(C(C)C)[C@@]4(C)C[C@@]2(C)C3)c1. The number of carbonyl (C=O) groups excluding carboxylic acids is 4. The Bertz CT molecular complexity index is 1760. The van der Waals surface area contributed by atoms with Crippen LogP contribution >= 0.6 is 0 Å². The number of aliphatic hydroxyl groups is 3. The molecule has 0 aliphatic heterocycles. The molecule has 238 valence electrons. The van der Waals surface area contributed by atoms with E-state index >= 15 is 0 Å². The molecule has 0 aromatic heterocycles. The maximum atomic E-state index is 14.6. The number of aliphatic hydroxyl groups excluding tert-OH is 2. The first-order chi connectivity index (χ1) is 20.8. The van der Waals surface area contributed by atoms with E-state index in [1.165, 1.54) is 6.92 Å². The van der Waals surface area contributed by atoms with Crippen molar-refractivity contribution in [2.75, 3.05) is 0 Å². The molecular formula is C37H42O8. The summed E-state index contributed by atoms with van der Waals surface area (Å²) in [4.78, 5) is 52.8. The highest BCUT2D eigenvalue weighted by atomic mass is 16.3. The van der Waals surface area contributed by atoms with Gasteiger partial charge in [-0.2, -0.15) is 0 Å². The van der Waals surface area contributed by atoms with Gasteiger partial charge in [-0.05, 0) is 66.8 Å². The first-order valence-electron chi connectivity index (χ1n) is 15.5. The van der Waals surface area contributed by atoms with Crippen LogP contribution in [-0.4, -0.2) is 49.2 Å². The third-order valence-electron chi connectivity index (χ3n) is 10.4. The summed E-state index contributed by atoms with van der Waals surface area (Å²) in [5.41, 5.74) is -2.64. The van der Waals surface area contributed by atoms with Crippen LogP contribution in [0.1, 0.15) is 90.0 Å².